The summed E-state index contributed by atoms with van der Waals surface area (Å²) in [6.45, 7) is 2.00. The van der Waals surface area contributed by atoms with Crippen molar-refractivity contribution in [1.82, 2.24) is 5.32 Å². The van der Waals surface area contributed by atoms with Crippen LogP contribution in [0, 0.1) is 0 Å². The highest BCUT2D eigenvalue weighted by atomic mass is 127. The highest BCUT2D eigenvalue weighted by molar-refractivity contribution is 14.1. The summed E-state index contributed by atoms with van der Waals surface area (Å²) in [5, 5.41) is 2.84. The topological polar surface area (TPSA) is 29.1 Å². The van der Waals surface area contributed by atoms with Gasteiger partial charge in [-0.25, -0.2) is 0 Å². The molecular formula is C10H11BrINO. The molecule has 76 valence electrons. The van der Waals surface area contributed by atoms with Crippen molar-refractivity contribution in [3.63, 3.8) is 0 Å². The Labute approximate surface area is 106 Å². The second-order valence-corrected chi connectivity index (χ2v) is 5.05. The molecule has 0 aromatic heterocycles. The Hall–Kier alpha value is -0.100. The maximum absolute atomic E-state index is 10.8. The van der Waals surface area contributed by atoms with Crippen molar-refractivity contribution in [2.24, 2.45) is 0 Å². The van der Waals surface area contributed by atoms with E-state index in [1.807, 2.05) is 19.1 Å². The van der Waals surface area contributed by atoms with Crippen molar-refractivity contribution in [2.45, 2.75) is 19.4 Å². The Bertz CT molecular complexity index is 312. The molecule has 0 spiro atoms. The third-order valence-corrected chi connectivity index (χ3v) is 2.66. The first kappa shape index (κ1) is 12.0. The first-order valence-corrected chi connectivity index (χ1v) is 6.15. The summed E-state index contributed by atoms with van der Waals surface area (Å²) in [4.78, 5) is 10.8. The van der Waals surface area contributed by atoms with Crippen LogP contribution >= 0.6 is 38.5 Å². The average Bonchev–Trinajstić information content (AvgIpc) is 2.07. The van der Waals surface area contributed by atoms with Gasteiger partial charge in [0.1, 0.15) is 0 Å². The van der Waals surface area contributed by atoms with Crippen LogP contribution < -0.4 is 5.32 Å². The van der Waals surface area contributed by atoms with Gasteiger partial charge in [-0.05, 0) is 31.0 Å². The van der Waals surface area contributed by atoms with E-state index in [-0.39, 0.29) is 9.96 Å². The van der Waals surface area contributed by atoms with Gasteiger partial charge >= 0.3 is 0 Å². The van der Waals surface area contributed by atoms with E-state index in [1.54, 1.807) is 22.6 Å². The maximum atomic E-state index is 10.8. The molecule has 0 aliphatic heterocycles. The molecule has 1 aromatic rings. The van der Waals surface area contributed by atoms with Crippen LogP contribution in [0.25, 0.3) is 0 Å². The lowest BCUT2D eigenvalue weighted by Gasteiger charge is -2.11. The molecule has 1 rings (SSSR count). The SMILES string of the molecule is CC(Cc1ccc(Br)cc1)NC(=O)I. The third-order valence-electron chi connectivity index (χ3n) is 1.82. The first-order chi connectivity index (χ1) is 6.58. The fourth-order valence-corrected chi connectivity index (χ4v) is 2.01. The highest BCUT2D eigenvalue weighted by Crippen LogP contribution is 2.11. The Kier molecular flexibility index (Phi) is 4.88. The maximum Gasteiger partial charge on any atom is 0.280 e. The van der Waals surface area contributed by atoms with E-state index in [0.717, 1.165) is 10.9 Å². The van der Waals surface area contributed by atoms with E-state index in [9.17, 15) is 4.79 Å². The summed E-state index contributed by atoms with van der Waals surface area (Å²) in [6.07, 6.45) is 0.863. The van der Waals surface area contributed by atoms with Crippen molar-refractivity contribution >= 4 is 42.4 Å². The molecule has 1 N–H and O–H groups in total. The minimum atomic E-state index is -0.00721. The van der Waals surface area contributed by atoms with E-state index in [1.165, 1.54) is 5.56 Å². The molecule has 1 aromatic carbocycles. The van der Waals surface area contributed by atoms with Gasteiger partial charge in [0, 0.05) is 33.1 Å². The van der Waals surface area contributed by atoms with Crippen molar-refractivity contribution in [3.8, 4) is 0 Å². The standard InChI is InChI=1S/C10H11BrINO/c1-7(13-10(12)14)6-8-2-4-9(11)5-3-8/h2-5,7H,6H2,1H3,(H,13,14). The molecule has 0 heterocycles. The molecule has 0 saturated heterocycles. The van der Waals surface area contributed by atoms with Crippen molar-refractivity contribution < 1.29 is 4.79 Å². The molecular weight excluding hydrogens is 357 g/mol. The molecule has 0 aliphatic carbocycles. The Morgan fingerprint density at radius 3 is 2.57 bits per heavy atom. The zero-order valence-corrected chi connectivity index (χ0v) is 11.5. The van der Waals surface area contributed by atoms with E-state index in [2.05, 4.69) is 33.4 Å². The van der Waals surface area contributed by atoms with Gasteiger partial charge < -0.3 is 5.32 Å². The van der Waals surface area contributed by atoms with Crippen LogP contribution in [0.5, 0.6) is 0 Å². The van der Waals surface area contributed by atoms with Crippen LogP contribution in [0.2, 0.25) is 0 Å². The Morgan fingerprint density at radius 1 is 1.50 bits per heavy atom. The zero-order valence-electron chi connectivity index (χ0n) is 7.76. The lowest BCUT2D eigenvalue weighted by molar-refractivity contribution is 0.260. The largest absolute Gasteiger partial charge is 0.345 e. The number of amides is 1. The van der Waals surface area contributed by atoms with Gasteiger partial charge in [-0.1, -0.05) is 28.1 Å². The lowest BCUT2D eigenvalue weighted by atomic mass is 10.1. The van der Waals surface area contributed by atoms with Gasteiger partial charge in [0.2, 0.25) is 0 Å². The van der Waals surface area contributed by atoms with Crippen LogP contribution in [0.4, 0.5) is 4.79 Å². The van der Waals surface area contributed by atoms with E-state index in [0.29, 0.717) is 0 Å². The van der Waals surface area contributed by atoms with Gasteiger partial charge in [0.05, 0.1) is 0 Å². The van der Waals surface area contributed by atoms with E-state index < -0.39 is 0 Å². The number of benzene rings is 1. The molecule has 0 saturated carbocycles. The zero-order chi connectivity index (χ0) is 10.6. The summed E-state index contributed by atoms with van der Waals surface area (Å²) in [5.41, 5.74) is 1.23. The van der Waals surface area contributed by atoms with Crippen LogP contribution in [0.3, 0.4) is 0 Å². The van der Waals surface area contributed by atoms with Crippen molar-refractivity contribution in [3.05, 3.63) is 34.3 Å². The summed E-state index contributed by atoms with van der Waals surface area (Å²) in [6, 6.07) is 8.31. The Balaban J connectivity index is 2.51. The fourth-order valence-electron chi connectivity index (χ4n) is 1.22. The Morgan fingerprint density at radius 2 is 2.07 bits per heavy atom. The summed E-state index contributed by atoms with van der Waals surface area (Å²) >= 11 is 5.13. The minimum absolute atomic E-state index is 0.00721. The van der Waals surface area contributed by atoms with Crippen LogP contribution in [0.1, 0.15) is 12.5 Å². The molecule has 1 atom stereocenters. The van der Waals surface area contributed by atoms with Gasteiger partial charge in [-0.3, -0.25) is 4.79 Å². The molecule has 1 amide bonds. The monoisotopic (exact) mass is 367 g/mol. The van der Waals surface area contributed by atoms with Gasteiger partial charge in [-0.15, -0.1) is 0 Å². The van der Waals surface area contributed by atoms with Crippen LogP contribution in [-0.2, 0) is 6.42 Å². The number of hydrogen-bond donors (Lipinski definition) is 1. The second-order valence-electron chi connectivity index (χ2n) is 3.15. The summed E-state index contributed by atoms with van der Waals surface area (Å²) in [7, 11) is 0. The van der Waals surface area contributed by atoms with E-state index >= 15 is 0 Å². The number of carbonyl (C=O) groups excluding carboxylic acids is 1. The normalized spacial score (nSPS) is 12.2. The number of carbonyl (C=O) groups is 1. The van der Waals surface area contributed by atoms with Crippen molar-refractivity contribution in [2.75, 3.05) is 0 Å². The molecule has 4 heteroatoms. The molecule has 2 nitrogen and oxygen atoms in total. The molecule has 0 radical (unpaired) electrons. The fraction of sp³-hybridized carbons (Fsp3) is 0.300. The molecule has 0 aliphatic rings. The van der Waals surface area contributed by atoms with Crippen molar-refractivity contribution in [1.29, 1.82) is 0 Å². The summed E-state index contributed by atoms with van der Waals surface area (Å²) < 4.78 is 1.07. The predicted molar refractivity (Wildman–Crippen MR) is 69.9 cm³/mol. The highest BCUT2D eigenvalue weighted by Gasteiger charge is 2.04. The number of rotatable bonds is 3. The third kappa shape index (κ3) is 4.41. The minimum Gasteiger partial charge on any atom is -0.345 e. The predicted octanol–water partition coefficient (Wildman–Crippen LogP) is 3.52. The molecule has 14 heavy (non-hydrogen) atoms. The van der Waals surface area contributed by atoms with Crippen LogP contribution in [0.15, 0.2) is 28.7 Å². The number of nitrogens with one attached hydrogen (secondary N) is 1. The first-order valence-electron chi connectivity index (χ1n) is 4.28. The number of halogens is 2. The molecule has 1 unspecified atom stereocenters. The molecule has 0 fully saturated rings. The quantitative estimate of drug-likeness (QED) is 0.494. The van der Waals surface area contributed by atoms with Gasteiger partial charge in [0.25, 0.3) is 3.91 Å². The lowest BCUT2D eigenvalue weighted by Crippen LogP contribution is -2.29. The van der Waals surface area contributed by atoms with E-state index in [4.69, 9.17) is 0 Å². The average molecular weight is 368 g/mol. The summed E-state index contributed by atoms with van der Waals surface area (Å²) in [5.74, 6) is 0. The second kappa shape index (κ2) is 5.70. The number of hydrogen-bond acceptors (Lipinski definition) is 1. The van der Waals surface area contributed by atoms with Gasteiger partial charge in [-0.2, -0.15) is 0 Å². The van der Waals surface area contributed by atoms with Gasteiger partial charge in [0.15, 0.2) is 0 Å². The van der Waals surface area contributed by atoms with Crippen LogP contribution in [-0.4, -0.2) is 9.96 Å². The molecule has 0 bridgehead atoms. The smallest absolute Gasteiger partial charge is 0.280 e.